The standard InChI is InChI=1S/C12H14N6O2S/c19-10-3-5-17(6-4-13-10)11(20)8-18-15-12(14-16-18)9-2-1-7-21-9/h1-2,7H,3-6,8H2,(H,13,19). The van der Waals surface area contributed by atoms with Crippen LogP contribution < -0.4 is 5.32 Å². The molecule has 2 aromatic heterocycles. The zero-order chi connectivity index (χ0) is 14.7. The first-order valence-electron chi connectivity index (χ1n) is 6.58. The second-order valence-electron chi connectivity index (χ2n) is 4.60. The third kappa shape index (κ3) is 3.24. The lowest BCUT2D eigenvalue weighted by Gasteiger charge is -2.18. The van der Waals surface area contributed by atoms with Gasteiger partial charge in [-0.15, -0.1) is 21.5 Å². The van der Waals surface area contributed by atoms with Crippen molar-refractivity contribution in [1.82, 2.24) is 30.4 Å². The molecule has 9 heteroatoms. The molecule has 0 spiro atoms. The minimum Gasteiger partial charge on any atom is -0.354 e. The van der Waals surface area contributed by atoms with Crippen LogP contribution in [-0.4, -0.2) is 56.6 Å². The molecule has 0 saturated carbocycles. The second kappa shape index (κ2) is 6.00. The molecule has 2 aromatic rings. The third-order valence-electron chi connectivity index (χ3n) is 3.14. The molecule has 0 radical (unpaired) electrons. The summed E-state index contributed by atoms with van der Waals surface area (Å²) in [5.41, 5.74) is 0. The Kier molecular flexibility index (Phi) is 3.91. The van der Waals surface area contributed by atoms with Gasteiger partial charge in [-0.2, -0.15) is 4.80 Å². The average Bonchev–Trinajstić information content (AvgIpc) is 3.09. The number of carbonyl (C=O) groups excluding carboxylic acids is 2. The van der Waals surface area contributed by atoms with Crippen LogP contribution in [0.5, 0.6) is 0 Å². The van der Waals surface area contributed by atoms with Crippen molar-refractivity contribution in [1.29, 1.82) is 0 Å². The van der Waals surface area contributed by atoms with E-state index in [1.807, 2.05) is 17.5 Å². The molecular formula is C12H14N6O2S. The van der Waals surface area contributed by atoms with Gasteiger partial charge in [0.1, 0.15) is 6.54 Å². The van der Waals surface area contributed by atoms with Crippen molar-refractivity contribution >= 4 is 23.2 Å². The average molecular weight is 306 g/mol. The summed E-state index contributed by atoms with van der Waals surface area (Å²) in [6.07, 6.45) is 0.330. The number of tetrazole rings is 1. The molecule has 1 fully saturated rings. The zero-order valence-corrected chi connectivity index (χ0v) is 12.0. The smallest absolute Gasteiger partial charge is 0.246 e. The van der Waals surface area contributed by atoms with Crippen LogP contribution in [0.3, 0.4) is 0 Å². The Morgan fingerprint density at radius 1 is 1.43 bits per heavy atom. The molecule has 1 aliphatic heterocycles. The number of aromatic nitrogens is 4. The fourth-order valence-corrected chi connectivity index (χ4v) is 2.70. The molecular weight excluding hydrogens is 292 g/mol. The molecule has 2 amide bonds. The number of rotatable bonds is 3. The maximum absolute atomic E-state index is 12.2. The van der Waals surface area contributed by atoms with Crippen molar-refractivity contribution in [3.8, 4) is 10.7 Å². The summed E-state index contributed by atoms with van der Waals surface area (Å²) in [5.74, 6) is 0.385. The number of carbonyl (C=O) groups is 2. The molecule has 110 valence electrons. The van der Waals surface area contributed by atoms with E-state index in [0.717, 1.165) is 4.88 Å². The molecule has 0 aliphatic carbocycles. The van der Waals surface area contributed by atoms with Crippen molar-refractivity contribution in [2.75, 3.05) is 19.6 Å². The fraction of sp³-hybridized carbons (Fsp3) is 0.417. The summed E-state index contributed by atoms with van der Waals surface area (Å²) < 4.78 is 0. The van der Waals surface area contributed by atoms with E-state index < -0.39 is 0 Å². The minimum absolute atomic E-state index is 0.0239. The highest BCUT2D eigenvalue weighted by atomic mass is 32.1. The first-order valence-corrected chi connectivity index (χ1v) is 7.46. The van der Waals surface area contributed by atoms with Gasteiger partial charge in [-0.05, 0) is 16.7 Å². The lowest BCUT2D eigenvalue weighted by atomic mass is 10.3. The van der Waals surface area contributed by atoms with E-state index >= 15 is 0 Å². The van der Waals surface area contributed by atoms with Crippen LogP contribution in [0.2, 0.25) is 0 Å². The van der Waals surface area contributed by atoms with Crippen molar-refractivity contribution < 1.29 is 9.59 Å². The Bertz CT molecular complexity index is 638. The Hall–Kier alpha value is -2.29. The van der Waals surface area contributed by atoms with Gasteiger partial charge in [0.15, 0.2) is 0 Å². The molecule has 3 heterocycles. The highest BCUT2D eigenvalue weighted by Crippen LogP contribution is 2.19. The number of nitrogens with one attached hydrogen (secondary N) is 1. The van der Waals surface area contributed by atoms with Gasteiger partial charge in [-0.3, -0.25) is 9.59 Å². The summed E-state index contributed by atoms with van der Waals surface area (Å²) in [6.45, 7) is 1.45. The predicted octanol–water partition coefficient (Wildman–Crippen LogP) is -0.250. The van der Waals surface area contributed by atoms with Crippen LogP contribution in [0.1, 0.15) is 6.42 Å². The Morgan fingerprint density at radius 3 is 3.14 bits per heavy atom. The quantitative estimate of drug-likeness (QED) is 0.844. The van der Waals surface area contributed by atoms with E-state index in [1.54, 1.807) is 4.90 Å². The van der Waals surface area contributed by atoms with Crippen molar-refractivity contribution in [3.05, 3.63) is 17.5 Å². The van der Waals surface area contributed by atoms with Crippen LogP contribution >= 0.6 is 11.3 Å². The van der Waals surface area contributed by atoms with E-state index in [1.165, 1.54) is 16.1 Å². The fourth-order valence-electron chi connectivity index (χ4n) is 2.05. The highest BCUT2D eigenvalue weighted by molar-refractivity contribution is 7.13. The van der Waals surface area contributed by atoms with E-state index in [-0.39, 0.29) is 18.4 Å². The maximum atomic E-state index is 12.2. The van der Waals surface area contributed by atoms with Crippen LogP contribution in [-0.2, 0) is 16.1 Å². The Labute approximate surface area is 124 Å². The zero-order valence-electron chi connectivity index (χ0n) is 11.2. The molecule has 1 N–H and O–H groups in total. The monoisotopic (exact) mass is 306 g/mol. The topological polar surface area (TPSA) is 93.0 Å². The van der Waals surface area contributed by atoms with Crippen molar-refractivity contribution in [2.24, 2.45) is 0 Å². The summed E-state index contributed by atoms with van der Waals surface area (Å²) >= 11 is 1.52. The van der Waals surface area contributed by atoms with E-state index in [4.69, 9.17) is 0 Å². The summed E-state index contributed by atoms with van der Waals surface area (Å²) in [7, 11) is 0. The molecule has 0 atom stereocenters. The van der Waals surface area contributed by atoms with Crippen LogP contribution in [0.25, 0.3) is 10.7 Å². The summed E-state index contributed by atoms with van der Waals surface area (Å²) in [5, 5.41) is 16.7. The number of amides is 2. The SMILES string of the molecule is O=C1CCN(C(=O)Cn2nnc(-c3cccs3)n2)CCN1. The van der Waals surface area contributed by atoms with Gasteiger partial charge in [0, 0.05) is 26.1 Å². The first-order chi connectivity index (χ1) is 10.2. The predicted molar refractivity (Wildman–Crippen MR) is 75.3 cm³/mol. The van der Waals surface area contributed by atoms with Gasteiger partial charge < -0.3 is 10.2 Å². The van der Waals surface area contributed by atoms with E-state index in [9.17, 15) is 9.59 Å². The van der Waals surface area contributed by atoms with Crippen LogP contribution in [0, 0.1) is 0 Å². The Balaban J connectivity index is 1.63. The lowest BCUT2D eigenvalue weighted by molar-refractivity contribution is -0.132. The first kappa shape index (κ1) is 13.7. The molecule has 0 aromatic carbocycles. The third-order valence-corrected chi connectivity index (χ3v) is 4.00. The normalized spacial score (nSPS) is 15.6. The molecule has 0 unspecified atom stereocenters. The maximum Gasteiger partial charge on any atom is 0.246 e. The van der Waals surface area contributed by atoms with Gasteiger partial charge in [0.2, 0.25) is 17.6 Å². The largest absolute Gasteiger partial charge is 0.354 e. The van der Waals surface area contributed by atoms with Crippen LogP contribution in [0.4, 0.5) is 0 Å². The molecule has 8 nitrogen and oxygen atoms in total. The molecule has 3 rings (SSSR count). The van der Waals surface area contributed by atoms with Gasteiger partial charge in [-0.1, -0.05) is 6.07 Å². The van der Waals surface area contributed by atoms with Gasteiger partial charge in [0.25, 0.3) is 0 Å². The second-order valence-corrected chi connectivity index (χ2v) is 5.55. The lowest BCUT2D eigenvalue weighted by Crippen LogP contribution is -2.37. The number of hydrogen-bond donors (Lipinski definition) is 1. The Morgan fingerprint density at radius 2 is 2.33 bits per heavy atom. The van der Waals surface area contributed by atoms with Crippen LogP contribution in [0.15, 0.2) is 17.5 Å². The molecule has 21 heavy (non-hydrogen) atoms. The number of thiophene rings is 1. The number of nitrogens with zero attached hydrogens (tertiary/aromatic N) is 5. The minimum atomic E-state index is -0.110. The van der Waals surface area contributed by atoms with E-state index in [2.05, 4.69) is 20.7 Å². The molecule has 1 aliphatic rings. The van der Waals surface area contributed by atoms with Gasteiger partial charge in [0.05, 0.1) is 4.88 Å². The van der Waals surface area contributed by atoms with E-state index in [0.29, 0.717) is 31.9 Å². The number of hydrogen-bond acceptors (Lipinski definition) is 6. The highest BCUT2D eigenvalue weighted by Gasteiger charge is 2.19. The molecule has 1 saturated heterocycles. The summed E-state index contributed by atoms with van der Waals surface area (Å²) in [6, 6.07) is 3.81. The molecule has 0 bridgehead atoms. The summed E-state index contributed by atoms with van der Waals surface area (Å²) in [4.78, 5) is 27.3. The van der Waals surface area contributed by atoms with Gasteiger partial charge in [-0.25, -0.2) is 0 Å². The van der Waals surface area contributed by atoms with Gasteiger partial charge >= 0.3 is 0 Å². The van der Waals surface area contributed by atoms with Crippen molar-refractivity contribution in [3.63, 3.8) is 0 Å². The van der Waals surface area contributed by atoms with Crippen molar-refractivity contribution in [2.45, 2.75) is 13.0 Å².